The standard InChI is InChI=1S/C14H18N4O/c1-9-12(17-18-16-9)13(19)15-11-8-6-5-7-10(11)14(2,3)4/h5-8H,1-4H3,(H,15,19)(H,16,17,18). The summed E-state index contributed by atoms with van der Waals surface area (Å²) in [5.41, 5.74) is 2.77. The van der Waals surface area contributed by atoms with Crippen molar-refractivity contribution >= 4 is 11.6 Å². The second kappa shape index (κ2) is 4.84. The number of aromatic nitrogens is 3. The van der Waals surface area contributed by atoms with E-state index in [9.17, 15) is 4.79 Å². The summed E-state index contributed by atoms with van der Waals surface area (Å²) in [5, 5.41) is 13.1. The van der Waals surface area contributed by atoms with E-state index in [4.69, 9.17) is 0 Å². The molecule has 1 aromatic heterocycles. The van der Waals surface area contributed by atoms with Crippen molar-refractivity contribution in [1.29, 1.82) is 0 Å². The molecule has 0 aliphatic rings. The molecule has 0 saturated carbocycles. The monoisotopic (exact) mass is 258 g/mol. The molecule has 2 aromatic rings. The number of hydrogen-bond donors (Lipinski definition) is 2. The van der Waals surface area contributed by atoms with Crippen molar-refractivity contribution in [1.82, 2.24) is 15.4 Å². The average molecular weight is 258 g/mol. The van der Waals surface area contributed by atoms with Crippen LogP contribution in [0.1, 0.15) is 42.5 Å². The minimum absolute atomic E-state index is 0.0389. The number of hydrogen-bond acceptors (Lipinski definition) is 3. The molecule has 0 fully saturated rings. The Morgan fingerprint density at radius 1 is 1.21 bits per heavy atom. The van der Waals surface area contributed by atoms with Gasteiger partial charge >= 0.3 is 0 Å². The molecule has 2 N–H and O–H groups in total. The van der Waals surface area contributed by atoms with Crippen molar-refractivity contribution in [3.05, 3.63) is 41.2 Å². The van der Waals surface area contributed by atoms with Gasteiger partial charge in [-0.3, -0.25) is 4.79 Å². The maximum absolute atomic E-state index is 12.1. The topological polar surface area (TPSA) is 70.7 Å². The summed E-state index contributed by atoms with van der Waals surface area (Å²) in [6, 6.07) is 7.79. The van der Waals surface area contributed by atoms with Gasteiger partial charge in [-0.1, -0.05) is 39.0 Å². The van der Waals surface area contributed by atoms with Gasteiger partial charge in [0.1, 0.15) is 0 Å². The van der Waals surface area contributed by atoms with Crippen LogP contribution in [0.2, 0.25) is 0 Å². The van der Waals surface area contributed by atoms with Crippen LogP contribution < -0.4 is 5.32 Å². The van der Waals surface area contributed by atoms with Crippen LogP contribution >= 0.6 is 0 Å². The van der Waals surface area contributed by atoms with Gasteiger partial charge in [-0.05, 0) is 24.0 Å². The molecule has 2 rings (SSSR count). The number of H-pyrrole nitrogens is 1. The van der Waals surface area contributed by atoms with E-state index in [1.807, 2.05) is 24.3 Å². The molecule has 5 heteroatoms. The fourth-order valence-corrected chi connectivity index (χ4v) is 1.93. The number of anilines is 1. The number of para-hydroxylation sites is 1. The van der Waals surface area contributed by atoms with Crippen molar-refractivity contribution in [2.24, 2.45) is 0 Å². The van der Waals surface area contributed by atoms with E-state index in [0.717, 1.165) is 11.3 Å². The van der Waals surface area contributed by atoms with E-state index in [1.165, 1.54) is 0 Å². The van der Waals surface area contributed by atoms with Gasteiger partial charge < -0.3 is 5.32 Å². The molecule has 1 amide bonds. The zero-order chi connectivity index (χ0) is 14.0. The van der Waals surface area contributed by atoms with Crippen molar-refractivity contribution in [2.45, 2.75) is 33.1 Å². The van der Waals surface area contributed by atoms with Crippen LogP contribution in [0.15, 0.2) is 24.3 Å². The van der Waals surface area contributed by atoms with Gasteiger partial charge in [0.05, 0.1) is 5.69 Å². The highest BCUT2D eigenvalue weighted by molar-refractivity contribution is 6.03. The van der Waals surface area contributed by atoms with Crippen LogP contribution in [0.4, 0.5) is 5.69 Å². The molecule has 0 unspecified atom stereocenters. The number of benzene rings is 1. The predicted octanol–water partition coefficient (Wildman–Crippen LogP) is 2.66. The maximum Gasteiger partial charge on any atom is 0.278 e. The van der Waals surface area contributed by atoms with Crippen molar-refractivity contribution in [3.63, 3.8) is 0 Å². The van der Waals surface area contributed by atoms with Crippen LogP contribution in [0.25, 0.3) is 0 Å². The normalized spacial score (nSPS) is 11.4. The summed E-state index contributed by atoms with van der Waals surface area (Å²) >= 11 is 0. The SMILES string of the molecule is Cc1n[nH]nc1C(=O)Nc1ccccc1C(C)(C)C. The molecule has 0 radical (unpaired) electrons. The molecular weight excluding hydrogens is 240 g/mol. The van der Waals surface area contributed by atoms with Crippen molar-refractivity contribution in [2.75, 3.05) is 5.32 Å². The van der Waals surface area contributed by atoms with Gasteiger partial charge in [0.15, 0.2) is 5.69 Å². The lowest BCUT2D eigenvalue weighted by molar-refractivity contribution is 0.102. The minimum Gasteiger partial charge on any atom is -0.320 e. The minimum atomic E-state index is -0.247. The lowest BCUT2D eigenvalue weighted by Gasteiger charge is -2.22. The Hall–Kier alpha value is -2.17. The number of aryl methyl sites for hydroxylation is 1. The molecule has 0 aliphatic carbocycles. The van der Waals surface area contributed by atoms with E-state index in [-0.39, 0.29) is 11.3 Å². The Labute approximate surface area is 112 Å². The highest BCUT2D eigenvalue weighted by Crippen LogP contribution is 2.29. The predicted molar refractivity (Wildman–Crippen MR) is 74.2 cm³/mol. The van der Waals surface area contributed by atoms with Crippen LogP contribution in [0.3, 0.4) is 0 Å². The Kier molecular flexibility index (Phi) is 3.38. The molecule has 1 heterocycles. The maximum atomic E-state index is 12.1. The molecule has 0 saturated heterocycles. The lowest BCUT2D eigenvalue weighted by atomic mass is 9.86. The number of carbonyl (C=O) groups is 1. The molecule has 100 valence electrons. The molecule has 0 spiro atoms. The summed E-state index contributed by atoms with van der Waals surface area (Å²) in [6.07, 6.45) is 0. The van der Waals surface area contributed by atoms with Crippen molar-refractivity contribution < 1.29 is 4.79 Å². The van der Waals surface area contributed by atoms with E-state index in [1.54, 1.807) is 6.92 Å². The van der Waals surface area contributed by atoms with E-state index in [2.05, 4.69) is 41.5 Å². The number of rotatable bonds is 2. The number of nitrogens with zero attached hydrogens (tertiary/aromatic N) is 2. The third kappa shape index (κ3) is 2.81. The number of nitrogens with one attached hydrogen (secondary N) is 2. The van der Waals surface area contributed by atoms with E-state index >= 15 is 0 Å². The summed E-state index contributed by atoms with van der Waals surface area (Å²) in [5.74, 6) is -0.247. The van der Waals surface area contributed by atoms with Crippen LogP contribution in [-0.2, 0) is 5.41 Å². The largest absolute Gasteiger partial charge is 0.320 e. The van der Waals surface area contributed by atoms with Gasteiger partial charge in [-0.25, -0.2) is 0 Å². The van der Waals surface area contributed by atoms with Gasteiger partial charge in [0, 0.05) is 5.69 Å². The summed E-state index contributed by atoms with van der Waals surface area (Å²) in [6.45, 7) is 8.08. The lowest BCUT2D eigenvalue weighted by Crippen LogP contribution is -2.19. The highest BCUT2D eigenvalue weighted by Gasteiger charge is 2.20. The molecule has 1 aromatic carbocycles. The zero-order valence-electron chi connectivity index (χ0n) is 11.6. The van der Waals surface area contributed by atoms with Gasteiger partial charge in [-0.2, -0.15) is 15.4 Å². The molecule has 19 heavy (non-hydrogen) atoms. The second-order valence-corrected chi connectivity index (χ2v) is 5.51. The van der Waals surface area contributed by atoms with Crippen LogP contribution in [-0.4, -0.2) is 21.3 Å². The first-order valence-corrected chi connectivity index (χ1v) is 6.18. The highest BCUT2D eigenvalue weighted by atomic mass is 16.2. The molecule has 0 atom stereocenters. The van der Waals surface area contributed by atoms with E-state index < -0.39 is 0 Å². The zero-order valence-corrected chi connectivity index (χ0v) is 11.6. The smallest absolute Gasteiger partial charge is 0.278 e. The Bertz CT molecular complexity index is 595. The first-order valence-electron chi connectivity index (χ1n) is 6.18. The Morgan fingerprint density at radius 3 is 2.47 bits per heavy atom. The second-order valence-electron chi connectivity index (χ2n) is 5.51. The summed E-state index contributed by atoms with van der Waals surface area (Å²) < 4.78 is 0. The van der Waals surface area contributed by atoms with E-state index in [0.29, 0.717) is 11.4 Å². The Morgan fingerprint density at radius 2 is 1.89 bits per heavy atom. The summed E-state index contributed by atoms with van der Waals surface area (Å²) in [4.78, 5) is 12.1. The average Bonchev–Trinajstić information content (AvgIpc) is 2.75. The number of carbonyl (C=O) groups excluding carboxylic acids is 1. The van der Waals surface area contributed by atoms with Gasteiger partial charge in [0.2, 0.25) is 0 Å². The number of amides is 1. The quantitative estimate of drug-likeness (QED) is 0.870. The van der Waals surface area contributed by atoms with Crippen LogP contribution in [0, 0.1) is 6.92 Å². The fraction of sp³-hybridized carbons (Fsp3) is 0.357. The van der Waals surface area contributed by atoms with Gasteiger partial charge in [0.25, 0.3) is 5.91 Å². The molecule has 5 nitrogen and oxygen atoms in total. The van der Waals surface area contributed by atoms with Crippen molar-refractivity contribution in [3.8, 4) is 0 Å². The third-order valence-electron chi connectivity index (χ3n) is 2.92. The number of aromatic amines is 1. The molecular formula is C14H18N4O. The Balaban J connectivity index is 2.30. The van der Waals surface area contributed by atoms with Crippen LogP contribution in [0.5, 0.6) is 0 Å². The molecule has 0 bridgehead atoms. The van der Waals surface area contributed by atoms with Gasteiger partial charge in [-0.15, -0.1) is 0 Å². The fourth-order valence-electron chi connectivity index (χ4n) is 1.93. The third-order valence-corrected chi connectivity index (χ3v) is 2.92. The summed E-state index contributed by atoms with van der Waals surface area (Å²) in [7, 11) is 0. The molecule has 0 aliphatic heterocycles. The first kappa shape index (κ1) is 13.3. The first-order chi connectivity index (χ1) is 8.89.